The van der Waals surface area contributed by atoms with Gasteiger partial charge in [0, 0.05) is 4.47 Å². The molecule has 1 aliphatic rings. The number of hydrogen-bond donors (Lipinski definition) is 0. The first-order valence-electron chi connectivity index (χ1n) is 6.82. The van der Waals surface area contributed by atoms with Gasteiger partial charge in [-0.3, -0.25) is 4.90 Å². The molecule has 0 N–H and O–H groups in total. The van der Waals surface area contributed by atoms with E-state index in [2.05, 4.69) is 51.2 Å². The summed E-state index contributed by atoms with van der Waals surface area (Å²) < 4.78 is 6.67. The molecule has 1 aliphatic heterocycles. The summed E-state index contributed by atoms with van der Waals surface area (Å²) in [5.74, 6) is 1.75. The molecule has 0 unspecified atom stereocenters. The van der Waals surface area contributed by atoms with Crippen LogP contribution in [0.4, 0.5) is 0 Å². The fraction of sp³-hybridized carbons (Fsp3) is 0.375. The van der Waals surface area contributed by atoms with Crippen molar-refractivity contribution in [1.29, 1.82) is 0 Å². The largest absolute Gasteiger partial charge is 0.468 e. The predicted molar refractivity (Wildman–Crippen MR) is 80.1 cm³/mol. The highest BCUT2D eigenvalue weighted by Crippen LogP contribution is 2.33. The predicted octanol–water partition coefficient (Wildman–Crippen LogP) is 4.42. The van der Waals surface area contributed by atoms with Crippen LogP contribution in [0, 0.1) is 0 Å². The molecule has 2 aromatic rings. The van der Waals surface area contributed by atoms with E-state index < -0.39 is 0 Å². The summed E-state index contributed by atoms with van der Waals surface area (Å²) in [6, 6.07) is 12.6. The van der Waals surface area contributed by atoms with Gasteiger partial charge >= 0.3 is 0 Å². The van der Waals surface area contributed by atoms with Crippen molar-refractivity contribution in [3.8, 4) is 0 Å². The lowest BCUT2D eigenvalue weighted by molar-refractivity contribution is 0.191. The SMILES string of the molecule is Brc1ccccc1C1CCN(Cc2ccco2)CC1. The third-order valence-electron chi connectivity index (χ3n) is 3.89. The maximum atomic E-state index is 5.42. The Balaban J connectivity index is 1.59. The van der Waals surface area contributed by atoms with Gasteiger partial charge in [0.25, 0.3) is 0 Å². The smallest absolute Gasteiger partial charge is 0.117 e. The molecule has 0 atom stereocenters. The third kappa shape index (κ3) is 3.10. The molecule has 19 heavy (non-hydrogen) atoms. The summed E-state index contributed by atoms with van der Waals surface area (Å²) in [5.41, 5.74) is 1.46. The normalized spacial score (nSPS) is 17.7. The first-order valence-corrected chi connectivity index (χ1v) is 7.61. The maximum Gasteiger partial charge on any atom is 0.117 e. The van der Waals surface area contributed by atoms with E-state index in [0.29, 0.717) is 5.92 Å². The van der Waals surface area contributed by atoms with Crippen LogP contribution in [0.5, 0.6) is 0 Å². The van der Waals surface area contributed by atoms with E-state index in [4.69, 9.17) is 4.42 Å². The van der Waals surface area contributed by atoms with Crippen molar-refractivity contribution < 1.29 is 4.42 Å². The van der Waals surface area contributed by atoms with Gasteiger partial charge in [-0.15, -0.1) is 0 Å². The van der Waals surface area contributed by atoms with E-state index in [0.717, 1.165) is 25.4 Å². The van der Waals surface area contributed by atoms with Crippen molar-refractivity contribution in [2.75, 3.05) is 13.1 Å². The van der Waals surface area contributed by atoms with Crippen LogP contribution in [0.2, 0.25) is 0 Å². The second-order valence-corrected chi connectivity index (χ2v) is 6.01. The molecular formula is C16H18BrNO. The van der Waals surface area contributed by atoms with Gasteiger partial charge in [-0.2, -0.15) is 0 Å². The van der Waals surface area contributed by atoms with Gasteiger partial charge in [0.1, 0.15) is 5.76 Å². The van der Waals surface area contributed by atoms with E-state index in [-0.39, 0.29) is 0 Å². The van der Waals surface area contributed by atoms with Crippen LogP contribution in [-0.2, 0) is 6.54 Å². The molecule has 3 heteroatoms. The zero-order valence-corrected chi connectivity index (χ0v) is 12.5. The second-order valence-electron chi connectivity index (χ2n) is 5.15. The maximum absolute atomic E-state index is 5.42. The number of nitrogens with zero attached hydrogens (tertiary/aromatic N) is 1. The molecule has 1 aromatic carbocycles. The molecule has 1 saturated heterocycles. The highest BCUT2D eigenvalue weighted by atomic mass is 79.9. The Morgan fingerprint density at radius 3 is 2.58 bits per heavy atom. The standard InChI is InChI=1S/C16H18BrNO/c17-16-6-2-1-5-15(16)13-7-9-18(10-8-13)12-14-4-3-11-19-14/h1-6,11,13H,7-10,12H2. The van der Waals surface area contributed by atoms with Crippen molar-refractivity contribution in [3.05, 3.63) is 58.5 Å². The minimum atomic E-state index is 0.684. The molecule has 1 aromatic heterocycles. The van der Waals surface area contributed by atoms with E-state index in [1.807, 2.05) is 6.07 Å². The fourth-order valence-corrected chi connectivity index (χ4v) is 3.44. The zero-order valence-electron chi connectivity index (χ0n) is 10.9. The zero-order chi connectivity index (χ0) is 13.1. The molecule has 0 bridgehead atoms. The lowest BCUT2D eigenvalue weighted by Gasteiger charge is -2.32. The summed E-state index contributed by atoms with van der Waals surface area (Å²) in [6.07, 6.45) is 4.20. The number of piperidine rings is 1. The van der Waals surface area contributed by atoms with Crippen LogP contribution in [0.15, 0.2) is 51.6 Å². The number of halogens is 1. The Bertz CT molecular complexity index is 515. The van der Waals surface area contributed by atoms with Crippen molar-refractivity contribution in [2.24, 2.45) is 0 Å². The van der Waals surface area contributed by atoms with Crippen LogP contribution >= 0.6 is 15.9 Å². The fourth-order valence-electron chi connectivity index (χ4n) is 2.83. The quantitative estimate of drug-likeness (QED) is 0.832. The van der Waals surface area contributed by atoms with Gasteiger partial charge in [-0.1, -0.05) is 34.1 Å². The van der Waals surface area contributed by atoms with E-state index >= 15 is 0 Å². The lowest BCUT2D eigenvalue weighted by Crippen LogP contribution is -2.32. The number of likely N-dealkylation sites (tertiary alicyclic amines) is 1. The average molecular weight is 320 g/mol. The summed E-state index contributed by atoms with van der Waals surface area (Å²) in [5, 5.41) is 0. The Morgan fingerprint density at radius 1 is 1.11 bits per heavy atom. The van der Waals surface area contributed by atoms with Crippen LogP contribution in [0.3, 0.4) is 0 Å². The number of furan rings is 1. The summed E-state index contributed by atoms with van der Waals surface area (Å²) in [6.45, 7) is 3.23. The summed E-state index contributed by atoms with van der Waals surface area (Å²) in [4.78, 5) is 2.48. The van der Waals surface area contributed by atoms with Gasteiger partial charge in [-0.05, 0) is 55.6 Å². The Morgan fingerprint density at radius 2 is 1.89 bits per heavy atom. The van der Waals surface area contributed by atoms with Gasteiger partial charge in [0.15, 0.2) is 0 Å². The van der Waals surface area contributed by atoms with Crippen molar-refractivity contribution in [3.63, 3.8) is 0 Å². The Hall–Kier alpha value is -1.06. The first-order chi connectivity index (χ1) is 9.33. The van der Waals surface area contributed by atoms with E-state index in [1.165, 1.54) is 22.9 Å². The summed E-state index contributed by atoms with van der Waals surface area (Å²) >= 11 is 3.67. The highest BCUT2D eigenvalue weighted by Gasteiger charge is 2.22. The van der Waals surface area contributed by atoms with Crippen LogP contribution in [0.1, 0.15) is 30.1 Å². The molecule has 0 amide bonds. The first kappa shape index (κ1) is 12.9. The molecule has 2 heterocycles. The van der Waals surface area contributed by atoms with Gasteiger partial charge in [0.05, 0.1) is 12.8 Å². The molecular weight excluding hydrogens is 302 g/mol. The number of benzene rings is 1. The van der Waals surface area contributed by atoms with Crippen molar-refractivity contribution in [1.82, 2.24) is 4.90 Å². The molecule has 0 radical (unpaired) electrons. The number of rotatable bonds is 3. The molecule has 2 nitrogen and oxygen atoms in total. The van der Waals surface area contributed by atoms with Gasteiger partial charge in [-0.25, -0.2) is 0 Å². The molecule has 0 aliphatic carbocycles. The molecule has 0 spiro atoms. The van der Waals surface area contributed by atoms with Crippen LogP contribution in [-0.4, -0.2) is 18.0 Å². The molecule has 0 saturated carbocycles. The van der Waals surface area contributed by atoms with Gasteiger partial charge < -0.3 is 4.42 Å². The highest BCUT2D eigenvalue weighted by molar-refractivity contribution is 9.10. The van der Waals surface area contributed by atoms with E-state index in [1.54, 1.807) is 6.26 Å². The van der Waals surface area contributed by atoms with Gasteiger partial charge in [0.2, 0.25) is 0 Å². The molecule has 1 fully saturated rings. The van der Waals surface area contributed by atoms with Crippen LogP contribution in [0.25, 0.3) is 0 Å². The lowest BCUT2D eigenvalue weighted by atomic mass is 9.89. The Labute approximate surface area is 122 Å². The summed E-state index contributed by atoms with van der Waals surface area (Å²) in [7, 11) is 0. The van der Waals surface area contributed by atoms with Crippen molar-refractivity contribution in [2.45, 2.75) is 25.3 Å². The van der Waals surface area contributed by atoms with E-state index in [9.17, 15) is 0 Å². The monoisotopic (exact) mass is 319 g/mol. The topological polar surface area (TPSA) is 16.4 Å². The molecule has 3 rings (SSSR count). The minimum absolute atomic E-state index is 0.684. The second kappa shape index (κ2) is 5.93. The molecule has 100 valence electrons. The average Bonchev–Trinajstić information content (AvgIpc) is 2.93. The Kier molecular flexibility index (Phi) is 4.04. The minimum Gasteiger partial charge on any atom is -0.468 e. The number of hydrogen-bond acceptors (Lipinski definition) is 2. The van der Waals surface area contributed by atoms with Crippen LogP contribution < -0.4 is 0 Å². The van der Waals surface area contributed by atoms with Crippen molar-refractivity contribution >= 4 is 15.9 Å². The third-order valence-corrected chi connectivity index (χ3v) is 4.61.